The molecule has 0 aromatic carbocycles. The van der Waals surface area contributed by atoms with Gasteiger partial charge in [-0.05, 0) is 93.6 Å². The number of nitrogens with one attached hydrogen (secondary N) is 1. The number of aliphatic hydroxyl groups is 2. The van der Waals surface area contributed by atoms with Gasteiger partial charge in [0.2, 0.25) is 6.20 Å². The standard InChI is InChI=1S/C61H58N14O5/c1-60(2,76)38-79-52-21-54(58-44(23-62)28-68-74(58)36-52)42-10-12-57(67-26-42)71-34-49-20-50(35-71)73(49)31-41-13-15-65-46(17-41)8-5-14-61(3,77)39-80-53-22-55(59-45(24-63)29-69-75(59)37-53)43-9-11-56(66-27-43)70-32-47-19-48(33-70)72(47)16-6-7-40-18-51(78-4)30-64-25-40/h9-13,15,17-18,21-22,25-30,36-37,47-50,76-77H,14,16,19-20,31-35,38-39H2,1-4H3/p+1. The highest BCUT2D eigenvalue weighted by Crippen LogP contribution is 2.38. The average molecular weight is 1070 g/mol. The van der Waals surface area contributed by atoms with Crippen LogP contribution in [0.15, 0.2) is 110 Å². The Hall–Kier alpha value is -9.08. The summed E-state index contributed by atoms with van der Waals surface area (Å²) in [6, 6.07) is 23.9. The van der Waals surface area contributed by atoms with Gasteiger partial charge in [-0.15, -0.1) is 0 Å². The number of rotatable bonds is 15. The van der Waals surface area contributed by atoms with Gasteiger partial charge in [0.25, 0.3) is 5.52 Å². The Morgan fingerprint density at radius 3 is 2.09 bits per heavy atom. The monoisotopic (exact) mass is 1070 g/mol. The van der Waals surface area contributed by atoms with Gasteiger partial charge in [0.1, 0.15) is 65.3 Å². The van der Waals surface area contributed by atoms with Gasteiger partial charge in [-0.1, -0.05) is 22.3 Å². The largest absolute Gasteiger partial charge is 0.495 e. The molecule has 6 aliphatic heterocycles. The Morgan fingerprint density at radius 2 is 1.41 bits per heavy atom. The Morgan fingerprint density at radius 1 is 0.725 bits per heavy atom. The molecule has 6 aliphatic rings. The molecule has 5 unspecified atom stereocenters. The number of hydrogen-bond donors (Lipinski definition) is 3. The number of methoxy groups -OCH3 is 1. The van der Waals surface area contributed by atoms with Gasteiger partial charge in [0.05, 0.1) is 60.7 Å². The van der Waals surface area contributed by atoms with E-state index in [1.54, 1.807) is 80.3 Å². The third kappa shape index (κ3) is 10.8. The number of fused-ring (bicyclic) bond motifs is 6. The smallest absolute Gasteiger partial charge is 0.263 e. The van der Waals surface area contributed by atoms with Crippen LogP contribution in [0.3, 0.4) is 0 Å². The molecule has 14 rings (SSSR count). The van der Waals surface area contributed by atoms with E-state index in [4.69, 9.17) is 24.2 Å². The van der Waals surface area contributed by atoms with Gasteiger partial charge in [-0.3, -0.25) is 14.8 Å². The normalized spacial score (nSPS) is 19.3. The van der Waals surface area contributed by atoms with Crippen molar-refractivity contribution in [1.82, 2.24) is 44.4 Å². The fourth-order valence-corrected chi connectivity index (χ4v) is 11.3. The Bertz CT molecular complexity index is 3830. The SMILES string of the molecule is COc1cncc(C#CCN2C3CC2CN(c2ccc(-c4cc(OCC(C)(O)CC#Cc5cc(CN6C7CC6CN(c6ccc(-c8cc(OCC(C)(C)O)c[n+]9[nH]cc(C#N)c89)cn6)C7)ccn5)cn5ncc(C#N)c45)cn2)C3)c1. The van der Waals surface area contributed by atoms with Crippen LogP contribution in [-0.2, 0) is 6.54 Å². The number of aromatic nitrogens is 8. The summed E-state index contributed by atoms with van der Waals surface area (Å²) in [6.45, 7) is 10.0. The lowest BCUT2D eigenvalue weighted by atomic mass is 9.86. The van der Waals surface area contributed by atoms with E-state index in [0.717, 1.165) is 96.1 Å². The zero-order chi connectivity index (χ0) is 55.1. The first-order chi connectivity index (χ1) is 38.8. The fourth-order valence-electron chi connectivity index (χ4n) is 11.3. The molecule has 5 atom stereocenters. The molecule has 80 heavy (non-hydrogen) atoms. The van der Waals surface area contributed by atoms with E-state index in [1.807, 2.05) is 67.0 Å². The summed E-state index contributed by atoms with van der Waals surface area (Å²) in [7, 11) is 1.62. The van der Waals surface area contributed by atoms with Crippen molar-refractivity contribution in [3.63, 3.8) is 0 Å². The molecule has 19 heteroatoms. The molecule has 3 N–H and O–H groups in total. The molecule has 6 fully saturated rings. The van der Waals surface area contributed by atoms with Gasteiger partial charge >= 0.3 is 0 Å². The number of H-pyrrole nitrogens is 1. The number of piperidine rings is 2. The van der Waals surface area contributed by atoms with Crippen molar-refractivity contribution in [1.29, 1.82) is 10.5 Å². The second-order valence-electron chi connectivity index (χ2n) is 22.0. The second kappa shape index (κ2) is 21.3. The lowest BCUT2D eigenvalue weighted by molar-refractivity contribution is -0.576. The van der Waals surface area contributed by atoms with Crippen LogP contribution in [0, 0.1) is 46.3 Å². The molecule has 8 aromatic heterocycles. The maximum atomic E-state index is 11.5. The topological polar surface area (TPSA) is 217 Å². The molecule has 4 bridgehead atoms. The van der Waals surface area contributed by atoms with Gasteiger partial charge in [0.15, 0.2) is 5.75 Å². The van der Waals surface area contributed by atoms with Crippen molar-refractivity contribution in [2.75, 3.05) is 62.8 Å². The predicted octanol–water partition coefficient (Wildman–Crippen LogP) is 5.57. The van der Waals surface area contributed by atoms with Crippen molar-refractivity contribution >= 4 is 22.7 Å². The molecule has 8 aromatic rings. The number of nitrogens with zero attached hydrogens (tertiary/aromatic N) is 13. The molecule has 0 amide bonds. The third-order valence-electron chi connectivity index (χ3n) is 15.4. The van der Waals surface area contributed by atoms with Crippen molar-refractivity contribution in [3.05, 3.63) is 138 Å². The number of aromatic amines is 1. The minimum Gasteiger partial charge on any atom is -0.495 e. The second-order valence-corrected chi connectivity index (χ2v) is 22.0. The Balaban J connectivity index is 0.645. The minimum absolute atomic E-state index is 0.0379. The van der Waals surface area contributed by atoms with Gasteiger partial charge in [-0.2, -0.15) is 20.7 Å². The maximum Gasteiger partial charge on any atom is 0.263 e. The first-order valence-corrected chi connectivity index (χ1v) is 26.7. The van der Waals surface area contributed by atoms with Crippen molar-refractivity contribution < 1.29 is 28.9 Å². The number of pyridine rings is 6. The molecule has 0 aliphatic carbocycles. The third-order valence-corrected chi connectivity index (χ3v) is 15.4. The van der Waals surface area contributed by atoms with Crippen molar-refractivity contribution in [2.45, 2.75) is 81.9 Å². The van der Waals surface area contributed by atoms with E-state index in [2.05, 4.69) is 75.6 Å². The molecule has 0 spiro atoms. The lowest BCUT2D eigenvalue weighted by Crippen LogP contribution is -2.68. The lowest BCUT2D eigenvalue weighted by Gasteiger charge is -2.56. The summed E-state index contributed by atoms with van der Waals surface area (Å²) in [4.78, 5) is 28.2. The molecule has 19 nitrogen and oxygen atoms in total. The van der Waals surface area contributed by atoms with Crippen LogP contribution in [0.5, 0.6) is 17.2 Å². The first kappa shape index (κ1) is 51.7. The molecular weight excluding hydrogens is 1010 g/mol. The highest BCUT2D eigenvalue weighted by atomic mass is 16.5. The summed E-state index contributed by atoms with van der Waals surface area (Å²) in [5, 5.41) is 49.2. The molecule has 402 valence electrons. The first-order valence-electron chi connectivity index (χ1n) is 26.7. The van der Waals surface area contributed by atoms with Crippen LogP contribution in [0.25, 0.3) is 33.3 Å². The zero-order valence-electron chi connectivity index (χ0n) is 44.9. The van der Waals surface area contributed by atoms with Crippen LogP contribution < -0.4 is 28.5 Å². The number of piperazine rings is 2. The van der Waals surface area contributed by atoms with E-state index in [9.17, 15) is 20.7 Å². The predicted molar refractivity (Wildman–Crippen MR) is 297 cm³/mol. The van der Waals surface area contributed by atoms with E-state index < -0.39 is 11.2 Å². The summed E-state index contributed by atoms with van der Waals surface area (Å²) < 4.78 is 20.9. The number of nitriles is 2. The van der Waals surface area contributed by atoms with Crippen LogP contribution >= 0.6 is 0 Å². The fraction of sp³-hybridized carbons (Fsp3) is 0.344. The van der Waals surface area contributed by atoms with Crippen LogP contribution in [0.2, 0.25) is 0 Å². The minimum atomic E-state index is -1.29. The van der Waals surface area contributed by atoms with Gasteiger partial charge in [-0.25, -0.2) is 19.5 Å². The average Bonchev–Trinajstić information content (AvgIpc) is 4.17. The maximum absolute atomic E-state index is 11.5. The van der Waals surface area contributed by atoms with E-state index in [1.165, 1.54) is 0 Å². The van der Waals surface area contributed by atoms with Gasteiger partial charge < -0.3 is 34.2 Å². The molecule has 6 saturated heterocycles. The van der Waals surface area contributed by atoms with Crippen LogP contribution in [-0.4, -0.2) is 143 Å². The summed E-state index contributed by atoms with van der Waals surface area (Å²) >= 11 is 0. The number of hydrogen-bond acceptors (Lipinski definition) is 16. The van der Waals surface area contributed by atoms with E-state index >= 15 is 0 Å². The summed E-state index contributed by atoms with van der Waals surface area (Å²) in [6.07, 6.45) is 18.0. The van der Waals surface area contributed by atoms with Crippen LogP contribution in [0.1, 0.15) is 68.0 Å². The van der Waals surface area contributed by atoms with E-state index in [-0.39, 0.29) is 19.6 Å². The Kier molecular flexibility index (Phi) is 13.7. The molecule has 14 heterocycles. The quantitative estimate of drug-likeness (QED) is 0.0845. The summed E-state index contributed by atoms with van der Waals surface area (Å²) in [5.41, 5.74) is 5.78. The molecule has 0 saturated carbocycles. The Labute approximate surface area is 463 Å². The highest BCUT2D eigenvalue weighted by Gasteiger charge is 2.46. The number of anilines is 2. The van der Waals surface area contributed by atoms with Crippen molar-refractivity contribution in [3.8, 4) is 75.3 Å². The van der Waals surface area contributed by atoms with Crippen LogP contribution in [0.4, 0.5) is 11.6 Å². The van der Waals surface area contributed by atoms with E-state index in [0.29, 0.717) is 70.3 Å². The van der Waals surface area contributed by atoms with Gasteiger partial charge in [0, 0.05) is 116 Å². The molecule has 0 radical (unpaired) electrons. The molecular formula is C61H59N14O5+. The highest BCUT2D eigenvalue weighted by molar-refractivity contribution is 5.85. The zero-order valence-corrected chi connectivity index (χ0v) is 44.9. The summed E-state index contributed by atoms with van der Waals surface area (Å²) in [5.74, 6) is 16.4. The number of ether oxygens (including phenoxy) is 3. The van der Waals surface area contributed by atoms with Crippen molar-refractivity contribution in [2.24, 2.45) is 0 Å².